The van der Waals surface area contributed by atoms with Crippen LogP contribution in [-0.2, 0) is 0 Å². The molecule has 2 aliphatic rings. The van der Waals surface area contributed by atoms with E-state index >= 15 is 0 Å². The first kappa shape index (κ1) is 34.6. The molecule has 0 spiro atoms. The largest absolute Gasteiger partial charge is 0.404 e. The van der Waals surface area contributed by atoms with Crippen LogP contribution < -0.4 is 16.2 Å². The number of benzene rings is 7. The summed E-state index contributed by atoms with van der Waals surface area (Å²) in [6.07, 6.45) is 22.5. The van der Waals surface area contributed by atoms with Crippen molar-refractivity contribution in [2.45, 2.75) is 51.4 Å². The number of hydrogen-bond donors (Lipinski definition) is 1. The maximum atomic E-state index is 6.62. The van der Waals surface area contributed by atoms with Crippen molar-refractivity contribution in [1.29, 1.82) is 0 Å². The number of nitrogens with two attached hydrogens (primary N) is 1. The minimum absolute atomic E-state index is 0.551. The summed E-state index contributed by atoms with van der Waals surface area (Å²) in [5.41, 5.74) is 20.5. The van der Waals surface area contributed by atoms with Crippen molar-refractivity contribution in [2.24, 2.45) is 5.73 Å². The Hall–Kier alpha value is -6.18. The fourth-order valence-electron chi connectivity index (χ4n) is 8.79. The number of rotatable bonds is 7. The van der Waals surface area contributed by atoms with E-state index < -0.39 is 0 Å². The fraction of sp³-hybridized carbons (Fsp3) is 0.148. The third-order valence-electron chi connectivity index (χ3n) is 11.6. The van der Waals surface area contributed by atoms with Crippen LogP contribution >= 0.6 is 0 Å². The Morgan fingerprint density at radius 1 is 0.509 bits per heavy atom. The average Bonchev–Trinajstić information content (AvgIpc) is 3.27. The Morgan fingerprint density at radius 3 is 1.65 bits per heavy atom. The van der Waals surface area contributed by atoms with E-state index in [0.29, 0.717) is 5.92 Å². The maximum Gasteiger partial charge on any atom is 0.00531 e. The van der Waals surface area contributed by atoms with Gasteiger partial charge in [0.25, 0.3) is 0 Å². The summed E-state index contributed by atoms with van der Waals surface area (Å²) in [5.74, 6) is 0.551. The zero-order chi connectivity index (χ0) is 37.1. The molecular formula is C54H47N. The van der Waals surface area contributed by atoms with Crippen LogP contribution in [0.1, 0.15) is 62.5 Å². The molecule has 268 valence electrons. The highest BCUT2D eigenvalue weighted by atomic mass is 14.5. The molecule has 0 amide bonds. The van der Waals surface area contributed by atoms with Gasteiger partial charge in [-0.3, -0.25) is 0 Å². The first-order valence-corrected chi connectivity index (χ1v) is 20.0. The summed E-state index contributed by atoms with van der Waals surface area (Å²) in [6, 6.07) is 49.7. The van der Waals surface area contributed by atoms with Crippen molar-refractivity contribution in [3.05, 3.63) is 185 Å². The molecular weight excluding hydrogens is 663 g/mol. The van der Waals surface area contributed by atoms with Crippen LogP contribution in [0.3, 0.4) is 0 Å². The van der Waals surface area contributed by atoms with Crippen molar-refractivity contribution in [3.8, 4) is 44.5 Å². The zero-order valence-corrected chi connectivity index (χ0v) is 31.6. The van der Waals surface area contributed by atoms with Crippen LogP contribution in [0.4, 0.5) is 0 Å². The Balaban J connectivity index is 1.22. The van der Waals surface area contributed by atoms with Gasteiger partial charge >= 0.3 is 0 Å². The van der Waals surface area contributed by atoms with Crippen LogP contribution in [0.25, 0.3) is 83.9 Å². The molecule has 1 atom stereocenters. The molecule has 0 heterocycles. The highest BCUT2D eigenvalue weighted by Crippen LogP contribution is 2.38. The van der Waals surface area contributed by atoms with Gasteiger partial charge in [0.15, 0.2) is 0 Å². The summed E-state index contributed by atoms with van der Waals surface area (Å²) in [7, 11) is 0. The van der Waals surface area contributed by atoms with Crippen molar-refractivity contribution >= 4 is 39.4 Å². The molecule has 1 unspecified atom stereocenters. The van der Waals surface area contributed by atoms with Gasteiger partial charge in [0.2, 0.25) is 0 Å². The molecule has 0 fully saturated rings. The molecule has 0 radical (unpaired) electrons. The van der Waals surface area contributed by atoms with Crippen molar-refractivity contribution in [3.63, 3.8) is 0 Å². The molecule has 0 aliphatic heterocycles. The monoisotopic (exact) mass is 709 g/mol. The standard InChI is InChI=1S/C54H47N/c1-2-15-49-52-34-41(47-30-43(37-16-7-3-8-17-37)28-44(31-47)38-18-9-4-10-19-38)24-26-50(52)51-27-25-42(35-53(51)54(49)36-55)48-32-45(39-20-11-5-12-21-39)29-46(33-48)40-22-13-6-14-23-40/h3,5-7,9,11-15,18-37H,2,4,8,10,16-17,55H2,1H3/b49-15-,54-36+. The van der Waals surface area contributed by atoms with E-state index in [2.05, 4.69) is 177 Å². The van der Waals surface area contributed by atoms with Crippen LogP contribution in [0.5, 0.6) is 0 Å². The minimum atomic E-state index is 0.551. The molecule has 2 aliphatic carbocycles. The smallest absolute Gasteiger partial charge is 0.00531 e. The molecule has 0 saturated heterocycles. The second-order valence-electron chi connectivity index (χ2n) is 15.1. The van der Waals surface area contributed by atoms with Gasteiger partial charge in [0, 0.05) is 11.4 Å². The second kappa shape index (κ2) is 15.3. The van der Waals surface area contributed by atoms with E-state index in [4.69, 9.17) is 5.73 Å². The van der Waals surface area contributed by atoms with Gasteiger partial charge in [-0.05, 0) is 169 Å². The van der Waals surface area contributed by atoms with Crippen LogP contribution in [-0.4, -0.2) is 0 Å². The lowest BCUT2D eigenvalue weighted by Crippen LogP contribution is -2.28. The van der Waals surface area contributed by atoms with E-state index in [0.717, 1.165) is 37.3 Å². The van der Waals surface area contributed by atoms with Crippen molar-refractivity contribution in [1.82, 2.24) is 0 Å². The normalized spacial score (nSPS) is 16.2. The lowest BCUT2D eigenvalue weighted by molar-refractivity contribution is 0.617. The zero-order valence-electron chi connectivity index (χ0n) is 31.6. The molecule has 1 nitrogen and oxygen atoms in total. The van der Waals surface area contributed by atoms with E-state index in [1.54, 1.807) is 0 Å². The first-order valence-electron chi connectivity index (χ1n) is 20.0. The highest BCUT2D eigenvalue weighted by Gasteiger charge is 2.17. The summed E-state index contributed by atoms with van der Waals surface area (Å²) in [4.78, 5) is 0. The maximum absolute atomic E-state index is 6.62. The van der Waals surface area contributed by atoms with Gasteiger partial charge in [-0.1, -0.05) is 140 Å². The molecule has 0 saturated carbocycles. The molecule has 9 rings (SSSR count). The lowest BCUT2D eigenvalue weighted by Gasteiger charge is -2.21. The van der Waals surface area contributed by atoms with Gasteiger partial charge in [-0.15, -0.1) is 0 Å². The van der Waals surface area contributed by atoms with E-state index in [9.17, 15) is 0 Å². The minimum Gasteiger partial charge on any atom is -0.404 e. The number of fused-ring (bicyclic) bond motifs is 3. The third kappa shape index (κ3) is 6.88. The van der Waals surface area contributed by atoms with E-state index in [1.807, 2.05) is 6.20 Å². The van der Waals surface area contributed by atoms with E-state index in [1.165, 1.54) is 94.4 Å². The predicted molar refractivity (Wildman–Crippen MR) is 238 cm³/mol. The Bertz CT molecular complexity index is 2710. The van der Waals surface area contributed by atoms with E-state index in [-0.39, 0.29) is 0 Å². The topological polar surface area (TPSA) is 26.0 Å². The molecule has 55 heavy (non-hydrogen) atoms. The first-order chi connectivity index (χ1) is 27.2. The lowest BCUT2D eigenvalue weighted by atomic mass is 9.83. The van der Waals surface area contributed by atoms with Crippen LogP contribution in [0, 0.1) is 0 Å². The molecule has 0 aromatic heterocycles. The molecule has 1 heteroatoms. The molecule has 2 N–H and O–H groups in total. The predicted octanol–water partition coefficient (Wildman–Crippen LogP) is 13.1. The second-order valence-corrected chi connectivity index (χ2v) is 15.1. The van der Waals surface area contributed by atoms with Crippen LogP contribution in [0.15, 0.2) is 164 Å². The summed E-state index contributed by atoms with van der Waals surface area (Å²) in [5, 5.41) is 7.20. The van der Waals surface area contributed by atoms with Gasteiger partial charge in [-0.25, -0.2) is 0 Å². The molecule has 7 aromatic carbocycles. The van der Waals surface area contributed by atoms with Crippen LogP contribution in [0.2, 0.25) is 0 Å². The van der Waals surface area contributed by atoms with Gasteiger partial charge in [-0.2, -0.15) is 0 Å². The summed E-state index contributed by atoms with van der Waals surface area (Å²) in [6.45, 7) is 2.22. The SMILES string of the molecule is CC/C=c1\c(=C/N)c2cc(-c3cc(-c4ccccc4)cc(-c4ccccc4)c3)ccc2c2ccc(-c3cc(C4=CCCC=C4)cc(C4CC=CCC4)c3)cc12. The van der Waals surface area contributed by atoms with Gasteiger partial charge < -0.3 is 5.73 Å². The number of allylic oxidation sites excluding steroid dienone is 6. The Kier molecular flexibility index (Phi) is 9.61. The molecule has 7 aromatic rings. The Labute approximate surface area is 325 Å². The van der Waals surface area contributed by atoms with Crippen molar-refractivity contribution < 1.29 is 0 Å². The molecule has 0 bridgehead atoms. The van der Waals surface area contributed by atoms with Crippen molar-refractivity contribution in [2.75, 3.05) is 0 Å². The quantitative estimate of drug-likeness (QED) is 0.129. The number of hydrogen-bond acceptors (Lipinski definition) is 1. The van der Waals surface area contributed by atoms with Gasteiger partial charge in [0.05, 0.1) is 0 Å². The van der Waals surface area contributed by atoms with Gasteiger partial charge in [0.1, 0.15) is 0 Å². The average molecular weight is 710 g/mol. The summed E-state index contributed by atoms with van der Waals surface area (Å²) >= 11 is 0. The Morgan fingerprint density at radius 2 is 1.09 bits per heavy atom. The summed E-state index contributed by atoms with van der Waals surface area (Å²) < 4.78 is 0. The third-order valence-corrected chi connectivity index (χ3v) is 11.6. The highest BCUT2D eigenvalue weighted by molar-refractivity contribution is 6.10. The fourth-order valence-corrected chi connectivity index (χ4v) is 8.79.